The van der Waals surface area contributed by atoms with E-state index in [0.29, 0.717) is 6.42 Å². The zero-order valence-electron chi connectivity index (χ0n) is 12.6. The van der Waals surface area contributed by atoms with Gasteiger partial charge in [0.1, 0.15) is 5.69 Å². The number of hydrogen-bond acceptors (Lipinski definition) is 3. The van der Waals surface area contributed by atoms with E-state index in [1.165, 1.54) is 0 Å². The fourth-order valence-electron chi connectivity index (χ4n) is 2.24. The van der Waals surface area contributed by atoms with Crippen LogP contribution in [-0.4, -0.2) is 4.92 Å². The minimum atomic E-state index is -0.404. The molecule has 0 unspecified atom stereocenters. The van der Waals surface area contributed by atoms with Crippen molar-refractivity contribution in [3.63, 3.8) is 0 Å². The second-order valence-electron chi connectivity index (χ2n) is 6.24. The van der Waals surface area contributed by atoms with Gasteiger partial charge in [-0.3, -0.25) is 10.1 Å². The quantitative estimate of drug-likeness (QED) is 0.525. The molecule has 2 aromatic rings. The van der Waals surface area contributed by atoms with Crippen LogP contribution in [0, 0.1) is 10.1 Å². The summed E-state index contributed by atoms with van der Waals surface area (Å²) >= 11 is 0. The number of nitrogens with zero attached hydrogens (tertiary/aromatic N) is 1. The summed E-state index contributed by atoms with van der Waals surface area (Å²) in [5.74, 6) is 0. The average molecular weight is 284 g/mol. The Kier molecular flexibility index (Phi) is 3.98. The molecule has 0 heterocycles. The van der Waals surface area contributed by atoms with Gasteiger partial charge >= 0.3 is 0 Å². The molecule has 4 nitrogen and oxygen atoms in total. The van der Waals surface area contributed by atoms with Crippen LogP contribution in [0.25, 0.3) is 0 Å². The van der Waals surface area contributed by atoms with Crippen LogP contribution in [0.5, 0.6) is 0 Å². The lowest BCUT2D eigenvalue weighted by Crippen LogP contribution is -2.13. The zero-order valence-corrected chi connectivity index (χ0v) is 12.6. The van der Waals surface area contributed by atoms with Crippen LogP contribution in [0.2, 0.25) is 0 Å². The Morgan fingerprint density at radius 1 is 1.14 bits per heavy atom. The van der Waals surface area contributed by atoms with Gasteiger partial charge in [0.05, 0.1) is 4.92 Å². The molecule has 2 N–H and O–H groups in total. The van der Waals surface area contributed by atoms with Gasteiger partial charge in [0.2, 0.25) is 0 Å². The number of nitro groups is 1. The summed E-state index contributed by atoms with van der Waals surface area (Å²) in [6.07, 6.45) is 0.595. The first-order chi connectivity index (χ1) is 9.79. The van der Waals surface area contributed by atoms with Crippen LogP contribution in [0.4, 0.5) is 11.4 Å². The van der Waals surface area contributed by atoms with E-state index >= 15 is 0 Å². The normalized spacial score (nSPS) is 11.4. The third kappa shape index (κ3) is 3.40. The Morgan fingerprint density at radius 2 is 1.76 bits per heavy atom. The molecule has 0 radical (unpaired) electrons. The highest BCUT2D eigenvalue weighted by molar-refractivity contribution is 5.66. The summed E-state index contributed by atoms with van der Waals surface area (Å²) in [5, 5.41) is 11.2. The van der Waals surface area contributed by atoms with Crippen LogP contribution >= 0.6 is 0 Å². The Bertz CT molecular complexity index is 658. The van der Waals surface area contributed by atoms with E-state index in [9.17, 15) is 10.1 Å². The lowest BCUT2D eigenvalue weighted by Gasteiger charge is -2.21. The van der Waals surface area contributed by atoms with Crippen LogP contribution < -0.4 is 5.73 Å². The fraction of sp³-hybridized carbons (Fsp3) is 0.294. The van der Waals surface area contributed by atoms with E-state index in [0.717, 1.165) is 16.7 Å². The van der Waals surface area contributed by atoms with Gasteiger partial charge < -0.3 is 5.73 Å². The van der Waals surface area contributed by atoms with Gasteiger partial charge in [0, 0.05) is 6.07 Å². The second kappa shape index (κ2) is 5.56. The van der Waals surface area contributed by atoms with E-state index in [1.807, 2.05) is 57.2 Å². The molecule has 0 saturated heterocycles. The molecule has 110 valence electrons. The fourth-order valence-corrected chi connectivity index (χ4v) is 2.24. The molecule has 0 amide bonds. The molecule has 21 heavy (non-hydrogen) atoms. The summed E-state index contributed by atoms with van der Waals surface area (Å²) in [5.41, 5.74) is 8.91. The Morgan fingerprint density at radius 3 is 2.29 bits per heavy atom. The summed E-state index contributed by atoms with van der Waals surface area (Å²) in [7, 11) is 0. The van der Waals surface area contributed by atoms with Gasteiger partial charge in [0.25, 0.3) is 5.69 Å². The van der Waals surface area contributed by atoms with Crippen molar-refractivity contribution in [3.8, 4) is 0 Å². The average Bonchev–Trinajstić information content (AvgIpc) is 2.40. The van der Waals surface area contributed by atoms with E-state index in [-0.39, 0.29) is 16.8 Å². The van der Waals surface area contributed by atoms with E-state index in [2.05, 4.69) is 0 Å². The molecule has 0 atom stereocenters. The first kappa shape index (κ1) is 15.0. The van der Waals surface area contributed by atoms with Crippen LogP contribution in [-0.2, 0) is 11.8 Å². The van der Waals surface area contributed by atoms with Gasteiger partial charge in [-0.25, -0.2) is 0 Å². The summed E-state index contributed by atoms with van der Waals surface area (Å²) in [6, 6.07) is 13.4. The molecule has 0 bridgehead atoms. The largest absolute Gasteiger partial charge is 0.393 e. The number of rotatable bonds is 3. The monoisotopic (exact) mass is 284 g/mol. The topological polar surface area (TPSA) is 69.2 Å². The van der Waals surface area contributed by atoms with Gasteiger partial charge in [-0.2, -0.15) is 0 Å². The molecule has 0 aliphatic heterocycles. The molecule has 0 saturated carbocycles. The summed E-state index contributed by atoms with van der Waals surface area (Å²) < 4.78 is 0. The SMILES string of the molecule is CC(C)(C)c1cc(Cc2ccccc2)c(N)c([N+](=O)[O-])c1. The third-order valence-electron chi connectivity index (χ3n) is 3.54. The van der Waals surface area contributed by atoms with Crippen LogP contribution in [0.3, 0.4) is 0 Å². The van der Waals surface area contributed by atoms with Crippen LogP contribution in [0.15, 0.2) is 42.5 Å². The number of nitro benzene ring substituents is 1. The molecule has 0 aliphatic carbocycles. The molecule has 2 aromatic carbocycles. The zero-order chi connectivity index (χ0) is 15.6. The number of nitrogen functional groups attached to an aromatic ring is 1. The predicted octanol–water partition coefficient (Wildman–Crippen LogP) is 4.07. The smallest absolute Gasteiger partial charge is 0.292 e. The van der Waals surface area contributed by atoms with Crippen molar-refractivity contribution >= 4 is 11.4 Å². The highest BCUT2D eigenvalue weighted by Crippen LogP contribution is 2.34. The van der Waals surface area contributed by atoms with Crippen molar-refractivity contribution in [3.05, 3.63) is 69.3 Å². The molecule has 0 aliphatic rings. The number of nitrogens with two attached hydrogens (primary N) is 1. The molecule has 2 rings (SSSR count). The molecule has 0 aromatic heterocycles. The Hall–Kier alpha value is -2.36. The highest BCUT2D eigenvalue weighted by atomic mass is 16.6. The lowest BCUT2D eigenvalue weighted by molar-refractivity contribution is -0.384. The lowest BCUT2D eigenvalue weighted by atomic mass is 9.84. The minimum Gasteiger partial charge on any atom is -0.393 e. The van der Waals surface area contributed by atoms with Crippen molar-refractivity contribution in [2.45, 2.75) is 32.6 Å². The maximum atomic E-state index is 11.2. The highest BCUT2D eigenvalue weighted by Gasteiger charge is 2.22. The first-order valence-corrected chi connectivity index (χ1v) is 6.90. The first-order valence-electron chi connectivity index (χ1n) is 6.90. The number of hydrogen-bond donors (Lipinski definition) is 1. The van der Waals surface area contributed by atoms with Gasteiger partial charge in [-0.1, -0.05) is 57.2 Å². The van der Waals surface area contributed by atoms with Crippen molar-refractivity contribution < 1.29 is 4.92 Å². The Labute approximate surface area is 124 Å². The summed E-state index contributed by atoms with van der Waals surface area (Å²) in [6.45, 7) is 6.11. The number of benzene rings is 2. The Balaban J connectivity index is 2.54. The number of anilines is 1. The third-order valence-corrected chi connectivity index (χ3v) is 3.54. The van der Waals surface area contributed by atoms with E-state index in [4.69, 9.17) is 5.73 Å². The minimum absolute atomic E-state index is 0.00615. The second-order valence-corrected chi connectivity index (χ2v) is 6.24. The molecule has 0 spiro atoms. The summed E-state index contributed by atoms with van der Waals surface area (Å²) in [4.78, 5) is 10.8. The van der Waals surface area contributed by atoms with Crippen molar-refractivity contribution in [2.75, 3.05) is 5.73 Å². The van der Waals surface area contributed by atoms with Gasteiger partial charge in [0.15, 0.2) is 0 Å². The molecular weight excluding hydrogens is 264 g/mol. The van der Waals surface area contributed by atoms with Gasteiger partial charge in [-0.15, -0.1) is 0 Å². The van der Waals surface area contributed by atoms with Crippen molar-refractivity contribution in [2.24, 2.45) is 0 Å². The molecular formula is C17H20N2O2. The van der Waals surface area contributed by atoms with E-state index < -0.39 is 4.92 Å². The maximum Gasteiger partial charge on any atom is 0.292 e. The van der Waals surface area contributed by atoms with Crippen LogP contribution in [0.1, 0.15) is 37.5 Å². The van der Waals surface area contributed by atoms with Crippen molar-refractivity contribution in [1.82, 2.24) is 0 Å². The predicted molar refractivity (Wildman–Crippen MR) is 85.5 cm³/mol. The molecule has 4 heteroatoms. The van der Waals surface area contributed by atoms with Gasteiger partial charge in [-0.05, 0) is 28.5 Å². The molecule has 0 fully saturated rings. The standard InChI is InChI=1S/C17H20N2O2/c1-17(2,3)14-10-13(9-12-7-5-4-6-8-12)16(18)15(11-14)19(20)21/h4-8,10-11H,9,18H2,1-3H3. The maximum absolute atomic E-state index is 11.2. The van der Waals surface area contributed by atoms with Crippen molar-refractivity contribution in [1.29, 1.82) is 0 Å². The van der Waals surface area contributed by atoms with E-state index in [1.54, 1.807) is 6.07 Å².